The molecule has 0 saturated carbocycles. The number of halogens is 1. The average Bonchev–Trinajstić information content (AvgIpc) is 2.38. The highest BCUT2D eigenvalue weighted by molar-refractivity contribution is 5.22. The first-order valence-electron chi connectivity index (χ1n) is 5.98. The Morgan fingerprint density at radius 1 is 1.18 bits per heavy atom. The second kappa shape index (κ2) is 6.39. The summed E-state index contributed by atoms with van der Waals surface area (Å²) in [4.78, 5) is 2.31. The molecule has 0 spiro atoms. The van der Waals surface area contributed by atoms with E-state index < -0.39 is 0 Å². The van der Waals surface area contributed by atoms with Crippen LogP contribution < -0.4 is 5.32 Å². The molecule has 0 atom stereocenters. The van der Waals surface area contributed by atoms with Gasteiger partial charge in [-0.1, -0.05) is 30.0 Å². The molecular weight excluding hydrogens is 215 g/mol. The summed E-state index contributed by atoms with van der Waals surface area (Å²) in [6.07, 6.45) is 0.499. The molecule has 0 bridgehead atoms. The van der Waals surface area contributed by atoms with Crippen LogP contribution in [0.4, 0.5) is 4.39 Å². The Balaban J connectivity index is 1.80. The number of hydrogen-bond acceptors (Lipinski definition) is 2. The molecule has 17 heavy (non-hydrogen) atoms. The topological polar surface area (TPSA) is 15.3 Å². The van der Waals surface area contributed by atoms with Gasteiger partial charge < -0.3 is 5.32 Å². The number of hydrogen-bond donors (Lipinski definition) is 1. The maximum absolute atomic E-state index is 13.3. The van der Waals surface area contributed by atoms with Crippen LogP contribution in [0.3, 0.4) is 0 Å². The van der Waals surface area contributed by atoms with Crippen molar-refractivity contribution in [3.05, 3.63) is 35.6 Å². The molecule has 0 unspecified atom stereocenters. The third-order valence-electron chi connectivity index (χ3n) is 2.87. The molecule has 1 N–H and O–H groups in total. The Morgan fingerprint density at radius 3 is 2.71 bits per heavy atom. The molecule has 1 aliphatic heterocycles. The Hall–Kier alpha value is -1.37. The average molecular weight is 232 g/mol. The number of benzene rings is 1. The van der Waals surface area contributed by atoms with Crippen molar-refractivity contribution in [1.82, 2.24) is 10.2 Å². The van der Waals surface area contributed by atoms with Crippen molar-refractivity contribution in [2.75, 3.05) is 32.7 Å². The molecule has 0 aliphatic carbocycles. The zero-order valence-electron chi connectivity index (χ0n) is 9.88. The first kappa shape index (κ1) is 12.1. The van der Waals surface area contributed by atoms with E-state index in [1.165, 1.54) is 6.07 Å². The van der Waals surface area contributed by atoms with Crippen molar-refractivity contribution >= 4 is 0 Å². The third kappa shape index (κ3) is 3.85. The van der Waals surface area contributed by atoms with E-state index in [9.17, 15) is 4.39 Å². The molecule has 3 heteroatoms. The summed E-state index contributed by atoms with van der Waals surface area (Å²) in [6.45, 7) is 4.96. The molecule has 0 amide bonds. The van der Waals surface area contributed by atoms with Crippen molar-refractivity contribution < 1.29 is 4.39 Å². The maximum Gasteiger partial charge on any atom is 0.127 e. The quantitative estimate of drug-likeness (QED) is 0.773. The molecule has 1 heterocycles. The first-order valence-corrected chi connectivity index (χ1v) is 5.98. The SMILES string of the molecule is Fc1ccccc1CC#CCN1CCNCC1. The minimum absolute atomic E-state index is 0.163. The van der Waals surface area contributed by atoms with Crippen molar-refractivity contribution in [2.24, 2.45) is 0 Å². The maximum atomic E-state index is 13.3. The summed E-state index contributed by atoms with van der Waals surface area (Å²) in [5.41, 5.74) is 0.681. The molecule has 2 nitrogen and oxygen atoms in total. The molecule has 1 aromatic rings. The fourth-order valence-corrected chi connectivity index (χ4v) is 1.84. The number of piperazine rings is 1. The highest BCUT2D eigenvalue weighted by Crippen LogP contribution is 2.05. The Kier molecular flexibility index (Phi) is 4.54. The van der Waals surface area contributed by atoms with E-state index in [0.29, 0.717) is 12.0 Å². The summed E-state index contributed by atoms with van der Waals surface area (Å²) in [5, 5.41) is 3.30. The molecule has 1 aromatic carbocycles. The van der Waals surface area contributed by atoms with E-state index in [-0.39, 0.29) is 5.82 Å². The van der Waals surface area contributed by atoms with Crippen LogP contribution in [0.1, 0.15) is 5.56 Å². The number of nitrogens with zero attached hydrogens (tertiary/aromatic N) is 1. The van der Waals surface area contributed by atoms with Crippen LogP contribution in [0, 0.1) is 17.7 Å². The van der Waals surface area contributed by atoms with E-state index in [2.05, 4.69) is 22.1 Å². The molecular formula is C14H17FN2. The van der Waals surface area contributed by atoms with Crippen LogP contribution in [0.5, 0.6) is 0 Å². The Labute approximate surface area is 102 Å². The van der Waals surface area contributed by atoms with Crippen molar-refractivity contribution in [3.63, 3.8) is 0 Å². The zero-order chi connectivity index (χ0) is 11.9. The van der Waals surface area contributed by atoms with Gasteiger partial charge >= 0.3 is 0 Å². The highest BCUT2D eigenvalue weighted by Gasteiger charge is 2.06. The van der Waals surface area contributed by atoms with Gasteiger partial charge in [-0.05, 0) is 11.6 Å². The van der Waals surface area contributed by atoms with Gasteiger partial charge in [-0.3, -0.25) is 4.90 Å². The van der Waals surface area contributed by atoms with Crippen LogP contribution in [0.2, 0.25) is 0 Å². The van der Waals surface area contributed by atoms with Crippen LogP contribution in [0.15, 0.2) is 24.3 Å². The fraction of sp³-hybridized carbons (Fsp3) is 0.429. The Bertz CT molecular complexity index is 414. The van der Waals surface area contributed by atoms with Crippen molar-refractivity contribution in [3.8, 4) is 11.8 Å². The van der Waals surface area contributed by atoms with Gasteiger partial charge in [0.1, 0.15) is 5.82 Å². The predicted octanol–water partition coefficient (Wildman–Crippen LogP) is 1.28. The van der Waals surface area contributed by atoms with E-state index in [1.54, 1.807) is 12.1 Å². The van der Waals surface area contributed by atoms with E-state index in [0.717, 1.165) is 32.7 Å². The normalized spacial score (nSPS) is 16.3. The molecule has 0 radical (unpaired) electrons. The van der Waals surface area contributed by atoms with Gasteiger partial charge in [0.25, 0.3) is 0 Å². The van der Waals surface area contributed by atoms with Gasteiger partial charge in [-0.2, -0.15) is 0 Å². The standard InChI is InChI=1S/C14H17FN2/c15-14-7-2-1-5-13(14)6-3-4-10-17-11-8-16-9-12-17/h1-2,5,7,16H,6,8-12H2. The molecule has 0 aromatic heterocycles. The monoisotopic (exact) mass is 232 g/mol. The number of rotatable bonds is 2. The number of nitrogens with one attached hydrogen (secondary N) is 1. The van der Waals surface area contributed by atoms with E-state index in [4.69, 9.17) is 0 Å². The fourth-order valence-electron chi connectivity index (χ4n) is 1.84. The lowest BCUT2D eigenvalue weighted by atomic mass is 10.1. The van der Waals surface area contributed by atoms with Gasteiger partial charge in [0.15, 0.2) is 0 Å². The van der Waals surface area contributed by atoms with Crippen LogP contribution in [0.25, 0.3) is 0 Å². The van der Waals surface area contributed by atoms with Gasteiger partial charge in [0, 0.05) is 32.6 Å². The van der Waals surface area contributed by atoms with E-state index >= 15 is 0 Å². The Morgan fingerprint density at radius 2 is 1.94 bits per heavy atom. The van der Waals surface area contributed by atoms with Crippen molar-refractivity contribution in [2.45, 2.75) is 6.42 Å². The molecule has 1 saturated heterocycles. The van der Waals surface area contributed by atoms with Crippen LogP contribution >= 0.6 is 0 Å². The third-order valence-corrected chi connectivity index (χ3v) is 2.87. The summed E-state index contributed by atoms with van der Waals surface area (Å²) in [5.74, 6) is 5.99. The van der Waals surface area contributed by atoms with Gasteiger partial charge in [0.2, 0.25) is 0 Å². The second-order valence-corrected chi connectivity index (χ2v) is 4.15. The van der Waals surface area contributed by atoms with E-state index in [1.807, 2.05) is 6.07 Å². The lowest BCUT2D eigenvalue weighted by Gasteiger charge is -2.24. The smallest absolute Gasteiger partial charge is 0.127 e. The summed E-state index contributed by atoms with van der Waals surface area (Å²) in [6, 6.07) is 6.81. The summed E-state index contributed by atoms with van der Waals surface area (Å²) < 4.78 is 13.3. The minimum atomic E-state index is -0.163. The zero-order valence-corrected chi connectivity index (χ0v) is 9.88. The van der Waals surface area contributed by atoms with Crippen LogP contribution in [-0.2, 0) is 6.42 Å². The lowest BCUT2D eigenvalue weighted by Crippen LogP contribution is -2.43. The van der Waals surface area contributed by atoms with Gasteiger partial charge in [0.05, 0.1) is 6.54 Å². The predicted molar refractivity (Wildman–Crippen MR) is 67.2 cm³/mol. The summed E-state index contributed by atoms with van der Waals surface area (Å²) in [7, 11) is 0. The minimum Gasteiger partial charge on any atom is -0.314 e. The lowest BCUT2D eigenvalue weighted by molar-refractivity contribution is 0.268. The molecule has 1 fully saturated rings. The van der Waals surface area contributed by atoms with Gasteiger partial charge in [-0.25, -0.2) is 4.39 Å². The van der Waals surface area contributed by atoms with Gasteiger partial charge in [-0.15, -0.1) is 0 Å². The van der Waals surface area contributed by atoms with Crippen molar-refractivity contribution in [1.29, 1.82) is 0 Å². The molecule has 90 valence electrons. The van der Waals surface area contributed by atoms with Crippen LogP contribution in [-0.4, -0.2) is 37.6 Å². The highest BCUT2D eigenvalue weighted by atomic mass is 19.1. The molecule has 1 aliphatic rings. The summed E-state index contributed by atoms with van der Waals surface area (Å²) >= 11 is 0. The largest absolute Gasteiger partial charge is 0.314 e. The molecule has 2 rings (SSSR count). The second-order valence-electron chi connectivity index (χ2n) is 4.15. The first-order chi connectivity index (χ1) is 8.36.